The van der Waals surface area contributed by atoms with Gasteiger partial charge >= 0.3 is 0 Å². The van der Waals surface area contributed by atoms with Crippen LogP contribution in [0.2, 0.25) is 0 Å². The first-order valence-electron chi connectivity index (χ1n) is 5.92. The van der Waals surface area contributed by atoms with E-state index in [0.717, 1.165) is 24.3 Å². The fourth-order valence-electron chi connectivity index (χ4n) is 1.66. The molecule has 0 unspecified atom stereocenters. The van der Waals surface area contributed by atoms with Gasteiger partial charge < -0.3 is 10.6 Å². The molecule has 17 heavy (non-hydrogen) atoms. The van der Waals surface area contributed by atoms with Crippen molar-refractivity contribution in [2.24, 2.45) is 0 Å². The van der Waals surface area contributed by atoms with Gasteiger partial charge in [-0.2, -0.15) is 0 Å². The van der Waals surface area contributed by atoms with E-state index in [-0.39, 0.29) is 5.91 Å². The maximum absolute atomic E-state index is 11.7. The first-order valence-corrected chi connectivity index (χ1v) is 5.92. The highest BCUT2D eigenvalue weighted by Crippen LogP contribution is 2.14. The number of carbonyl (C=O) groups is 1. The van der Waals surface area contributed by atoms with Crippen LogP contribution in [0.25, 0.3) is 0 Å². The number of nitrogens with one attached hydrogen (secondary N) is 2. The van der Waals surface area contributed by atoms with Crippen molar-refractivity contribution < 1.29 is 4.79 Å². The van der Waals surface area contributed by atoms with E-state index in [1.165, 1.54) is 0 Å². The molecular formula is C13H21N3O. The molecule has 1 rings (SSSR count). The van der Waals surface area contributed by atoms with Crippen molar-refractivity contribution >= 4 is 17.3 Å². The van der Waals surface area contributed by atoms with Crippen molar-refractivity contribution in [3.8, 4) is 0 Å². The number of likely N-dealkylation sites (N-methyl/N-ethyl adjacent to an activating group) is 1. The minimum atomic E-state index is 0.0224. The minimum absolute atomic E-state index is 0.0224. The van der Waals surface area contributed by atoms with Crippen LogP contribution in [0.3, 0.4) is 0 Å². The van der Waals surface area contributed by atoms with Crippen molar-refractivity contribution in [3.63, 3.8) is 0 Å². The van der Waals surface area contributed by atoms with Gasteiger partial charge in [-0.25, -0.2) is 0 Å². The second-order valence-electron chi connectivity index (χ2n) is 4.12. The monoisotopic (exact) mass is 235 g/mol. The standard InChI is InChI=1S/C13H21N3O/c1-4-8-16(3)10-13(17)15-12-7-5-6-11(9-12)14-2/h5-7,9,14H,4,8,10H2,1-3H3,(H,15,17). The zero-order chi connectivity index (χ0) is 12.7. The second-order valence-corrected chi connectivity index (χ2v) is 4.12. The SMILES string of the molecule is CCCN(C)CC(=O)Nc1cccc(NC)c1. The lowest BCUT2D eigenvalue weighted by molar-refractivity contribution is -0.117. The lowest BCUT2D eigenvalue weighted by Crippen LogP contribution is -2.30. The Labute approximate surface area is 103 Å². The molecule has 0 spiro atoms. The maximum atomic E-state index is 11.7. The Hall–Kier alpha value is -1.55. The predicted molar refractivity (Wildman–Crippen MR) is 72.4 cm³/mol. The van der Waals surface area contributed by atoms with Crippen molar-refractivity contribution in [3.05, 3.63) is 24.3 Å². The van der Waals surface area contributed by atoms with Gasteiger partial charge in [0.05, 0.1) is 6.54 Å². The first-order chi connectivity index (χ1) is 8.15. The molecule has 0 aliphatic carbocycles. The van der Waals surface area contributed by atoms with Crippen molar-refractivity contribution in [1.29, 1.82) is 0 Å². The highest BCUT2D eigenvalue weighted by molar-refractivity contribution is 5.92. The van der Waals surface area contributed by atoms with Crippen LogP contribution in [0.4, 0.5) is 11.4 Å². The fraction of sp³-hybridized carbons (Fsp3) is 0.462. The van der Waals surface area contributed by atoms with Gasteiger partial charge in [-0.15, -0.1) is 0 Å². The molecule has 2 N–H and O–H groups in total. The zero-order valence-electron chi connectivity index (χ0n) is 10.8. The summed E-state index contributed by atoms with van der Waals surface area (Å²) in [5.41, 5.74) is 1.82. The van der Waals surface area contributed by atoms with Gasteiger partial charge in [-0.3, -0.25) is 9.69 Å². The van der Waals surface area contributed by atoms with Gasteiger partial charge in [0.15, 0.2) is 0 Å². The van der Waals surface area contributed by atoms with Crippen LogP contribution in [0.15, 0.2) is 24.3 Å². The summed E-state index contributed by atoms with van der Waals surface area (Å²) in [7, 11) is 3.81. The molecule has 0 aliphatic rings. The third-order valence-corrected chi connectivity index (χ3v) is 2.45. The van der Waals surface area contributed by atoms with E-state index in [4.69, 9.17) is 0 Å². The smallest absolute Gasteiger partial charge is 0.238 e. The molecule has 1 amide bonds. The van der Waals surface area contributed by atoms with Crippen LogP contribution in [0, 0.1) is 0 Å². The first kappa shape index (κ1) is 13.5. The molecular weight excluding hydrogens is 214 g/mol. The minimum Gasteiger partial charge on any atom is -0.388 e. The summed E-state index contributed by atoms with van der Waals surface area (Å²) in [6.07, 6.45) is 1.05. The van der Waals surface area contributed by atoms with Crippen molar-refractivity contribution in [1.82, 2.24) is 4.90 Å². The number of anilines is 2. The van der Waals surface area contributed by atoms with Crippen LogP contribution >= 0.6 is 0 Å². The Bertz CT molecular complexity index is 365. The number of carbonyl (C=O) groups excluding carboxylic acids is 1. The molecule has 0 atom stereocenters. The van der Waals surface area contributed by atoms with E-state index in [2.05, 4.69) is 17.6 Å². The number of benzene rings is 1. The molecule has 1 aromatic carbocycles. The Morgan fingerprint density at radius 2 is 2.06 bits per heavy atom. The van der Waals surface area contributed by atoms with E-state index < -0.39 is 0 Å². The normalized spacial score (nSPS) is 10.4. The average molecular weight is 235 g/mol. The molecule has 4 heteroatoms. The molecule has 0 heterocycles. The Balaban J connectivity index is 2.49. The summed E-state index contributed by atoms with van der Waals surface area (Å²) in [5.74, 6) is 0.0224. The lowest BCUT2D eigenvalue weighted by atomic mass is 10.2. The topological polar surface area (TPSA) is 44.4 Å². The molecule has 1 aromatic rings. The molecule has 0 fully saturated rings. The highest BCUT2D eigenvalue weighted by atomic mass is 16.2. The third kappa shape index (κ3) is 4.87. The fourth-order valence-corrected chi connectivity index (χ4v) is 1.66. The molecule has 0 saturated carbocycles. The second kappa shape index (κ2) is 6.91. The molecule has 4 nitrogen and oxygen atoms in total. The van der Waals surface area contributed by atoms with Crippen molar-refractivity contribution in [2.75, 3.05) is 37.8 Å². The largest absolute Gasteiger partial charge is 0.388 e. The van der Waals surface area contributed by atoms with Crippen LogP contribution < -0.4 is 10.6 Å². The van der Waals surface area contributed by atoms with E-state index >= 15 is 0 Å². The predicted octanol–water partition coefficient (Wildman–Crippen LogP) is 2.01. The number of amides is 1. The lowest BCUT2D eigenvalue weighted by Gasteiger charge is -2.15. The summed E-state index contributed by atoms with van der Waals surface area (Å²) < 4.78 is 0. The number of rotatable bonds is 6. The molecule has 0 saturated heterocycles. The van der Waals surface area contributed by atoms with Gasteiger partial charge in [0.2, 0.25) is 5.91 Å². The molecule has 0 radical (unpaired) electrons. The Morgan fingerprint density at radius 3 is 2.71 bits per heavy atom. The van der Waals surface area contributed by atoms with E-state index in [9.17, 15) is 4.79 Å². The van der Waals surface area contributed by atoms with Gasteiger partial charge in [0.25, 0.3) is 0 Å². The highest BCUT2D eigenvalue weighted by Gasteiger charge is 2.06. The molecule has 94 valence electrons. The number of hydrogen-bond donors (Lipinski definition) is 2. The summed E-state index contributed by atoms with van der Waals surface area (Å²) in [6.45, 7) is 3.46. The molecule has 0 aromatic heterocycles. The molecule has 0 bridgehead atoms. The maximum Gasteiger partial charge on any atom is 0.238 e. The zero-order valence-corrected chi connectivity index (χ0v) is 10.8. The average Bonchev–Trinajstić information content (AvgIpc) is 2.29. The van der Waals surface area contributed by atoms with Gasteiger partial charge in [0.1, 0.15) is 0 Å². The number of hydrogen-bond acceptors (Lipinski definition) is 3. The van der Waals surface area contributed by atoms with Gasteiger partial charge in [-0.05, 0) is 38.2 Å². The summed E-state index contributed by atoms with van der Waals surface area (Å²) in [6, 6.07) is 7.67. The summed E-state index contributed by atoms with van der Waals surface area (Å²) >= 11 is 0. The third-order valence-electron chi connectivity index (χ3n) is 2.45. The number of nitrogens with zero attached hydrogens (tertiary/aromatic N) is 1. The van der Waals surface area contributed by atoms with Gasteiger partial charge in [-0.1, -0.05) is 13.0 Å². The molecule has 0 aliphatic heterocycles. The van der Waals surface area contributed by atoms with E-state index in [1.807, 2.05) is 43.3 Å². The Kier molecular flexibility index (Phi) is 5.49. The van der Waals surface area contributed by atoms with Crippen molar-refractivity contribution in [2.45, 2.75) is 13.3 Å². The van der Waals surface area contributed by atoms with Crippen LogP contribution in [0.5, 0.6) is 0 Å². The van der Waals surface area contributed by atoms with Crippen LogP contribution in [-0.4, -0.2) is 38.0 Å². The van der Waals surface area contributed by atoms with Gasteiger partial charge in [0, 0.05) is 18.4 Å². The van der Waals surface area contributed by atoms with Crippen LogP contribution in [0.1, 0.15) is 13.3 Å². The van der Waals surface area contributed by atoms with E-state index in [0.29, 0.717) is 6.54 Å². The summed E-state index contributed by atoms with van der Waals surface area (Å²) in [4.78, 5) is 13.7. The van der Waals surface area contributed by atoms with Crippen LogP contribution in [-0.2, 0) is 4.79 Å². The Morgan fingerprint density at radius 1 is 1.35 bits per heavy atom. The summed E-state index contributed by atoms with van der Waals surface area (Å²) in [5, 5.41) is 5.93. The quantitative estimate of drug-likeness (QED) is 0.792. The van der Waals surface area contributed by atoms with E-state index in [1.54, 1.807) is 0 Å².